The number of halogens is 1. The number of likely N-dealkylation sites (tertiary alicyclic amines) is 1. The van der Waals surface area contributed by atoms with E-state index in [0.29, 0.717) is 31.0 Å². The van der Waals surface area contributed by atoms with Crippen molar-refractivity contribution in [1.82, 2.24) is 9.88 Å². The van der Waals surface area contributed by atoms with Gasteiger partial charge in [0.05, 0.1) is 18.8 Å². The molecular formula is C19H20FN3O4. The minimum Gasteiger partial charge on any atom is -0.438 e. The summed E-state index contributed by atoms with van der Waals surface area (Å²) in [5.41, 5.74) is 0.523. The van der Waals surface area contributed by atoms with E-state index in [1.54, 1.807) is 28.9 Å². The molecule has 1 aromatic heterocycles. The van der Waals surface area contributed by atoms with E-state index in [9.17, 15) is 14.0 Å². The van der Waals surface area contributed by atoms with Crippen molar-refractivity contribution < 1.29 is 23.1 Å². The number of nitrogens with zero attached hydrogens (tertiary/aromatic N) is 3. The third kappa shape index (κ3) is 3.32. The number of carbonyl (C=O) groups excluding carboxylic acids is 2. The Labute approximate surface area is 155 Å². The Balaban J connectivity index is 1.55. The molecule has 2 amide bonds. The molecule has 142 valence electrons. The molecule has 1 unspecified atom stereocenters. The lowest BCUT2D eigenvalue weighted by molar-refractivity contribution is -0.144. The second-order valence-corrected chi connectivity index (χ2v) is 7.03. The molecule has 0 aliphatic carbocycles. The van der Waals surface area contributed by atoms with Crippen molar-refractivity contribution in [3.63, 3.8) is 0 Å². The minimum absolute atomic E-state index is 0.0687. The van der Waals surface area contributed by atoms with Crippen LogP contribution in [0.15, 0.2) is 35.1 Å². The summed E-state index contributed by atoms with van der Waals surface area (Å²) < 4.78 is 24.4. The highest BCUT2D eigenvalue weighted by atomic mass is 19.1. The van der Waals surface area contributed by atoms with Gasteiger partial charge in [0.2, 0.25) is 5.76 Å². The first kappa shape index (κ1) is 17.7. The maximum atomic E-state index is 13.2. The Kier molecular flexibility index (Phi) is 4.43. The monoisotopic (exact) mass is 373 g/mol. The zero-order valence-electron chi connectivity index (χ0n) is 15.0. The SMILES string of the molecule is Cc1ncoc1C(=O)N1CCCC2(C1)CN(c1ccc(F)cc1)C(=O)CO2. The van der Waals surface area contributed by atoms with Crippen LogP contribution in [0.2, 0.25) is 0 Å². The number of rotatable bonds is 2. The van der Waals surface area contributed by atoms with Gasteiger partial charge in [-0.3, -0.25) is 9.59 Å². The van der Waals surface area contributed by atoms with Crippen molar-refractivity contribution in [3.05, 3.63) is 47.9 Å². The molecule has 1 spiro atoms. The number of aromatic nitrogens is 1. The van der Waals surface area contributed by atoms with Gasteiger partial charge in [0.25, 0.3) is 11.8 Å². The van der Waals surface area contributed by atoms with Crippen molar-refractivity contribution in [2.75, 3.05) is 31.1 Å². The first-order valence-electron chi connectivity index (χ1n) is 8.87. The molecule has 2 aliphatic rings. The fourth-order valence-corrected chi connectivity index (χ4v) is 3.74. The fourth-order valence-electron chi connectivity index (χ4n) is 3.74. The highest BCUT2D eigenvalue weighted by Crippen LogP contribution is 2.32. The summed E-state index contributed by atoms with van der Waals surface area (Å²) in [6, 6.07) is 5.81. The van der Waals surface area contributed by atoms with Gasteiger partial charge in [-0.25, -0.2) is 9.37 Å². The van der Waals surface area contributed by atoms with Crippen molar-refractivity contribution in [1.29, 1.82) is 0 Å². The molecule has 4 rings (SSSR count). The molecule has 1 aromatic carbocycles. The molecule has 1 atom stereocenters. The van der Waals surface area contributed by atoms with Crippen LogP contribution in [0.5, 0.6) is 0 Å². The summed E-state index contributed by atoms with van der Waals surface area (Å²) in [6.45, 7) is 2.92. The van der Waals surface area contributed by atoms with Crippen LogP contribution in [0, 0.1) is 12.7 Å². The normalized spacial score (nSPS) is 23.1. The zero-order chi connectivity index (χ0) is 19.0. The standard InChI is InChI=1S/C19H20FN3O4/c1-13-17(26-12-21-13)18(25)22-8-2-7-19(10-22)11-23(16(24)9-27-19)15-5-3-14(20)4-6-15/h3-6,12H,2,7-11H2,1H3. The van der Waals surface area contributed by atoms with Crippen molar-refractivity contribution in [2.24, 2.45) is 0 Å². The van der Waals surface area contributed by atoms with E-state index in [0.717, 1.165) is 12.8 Å². The van der Waals surface area contributed by atoms with E-state index < -0.39 is 5.60 Å². The second kappa shape index (κ2) is 6.77. The lowest BCUT2D eigenvalue weighted by Crippen LogP contribution is -2.62. The maximum absolute atomic E-state index is 13.2. The Bertz CT molecular complexity index is 866. The average molecular weight is 373 g/mol. The lowest BCUT2D eigenvalue weighted by Gasteiger charge is -2.47. The number of piperidine rings is 1. The molecular weight excluding hydrogens is 353 g/mol. The smallest absolute Gasteiger partial charge is 0.291 e. The first-order valence-corrected chi connectivity index (χ1v) is 8.87. The van der Waals surface area contributed by atoms with Gasteiger partial charge in [0, 0.05) is 12.2 Å². The molecule has 27 heavy (non-hydrogen) atoms. The summed E-state index contributed by atoms with van der Waals surface area (Å²) in [5.74, 6) is -0.528. The number of hydrogen-bond donors (Lipinski definition) is 0. The molecule has 0 saturated carbocycles. The number of carbonyl (C=O) groups is 2. The summed E-state index contributed by atoms with van der Waals surface area (Å²) in [6.07, 6.45) is 2.75. The van der Waals surface area contributed by atoms with E-state index in [-0.39, 0.29) is 30.0 Å². The number of amides is 2. The number of oxazole rings is 1. The first-order chi connectivity index (χ1) is 13.0. The highest BCUT2D eigenvalue weighted by Gasteiger charge is 2.45. The molecule has 2 aliphatic heterocycles. The van der Waals surface area contributed by atoms with Gasteiger partial charge < -0.3 is 19.0 Å². The van der Waals surface area contributed by atoms with Gasteiger partial charge in [-0.05, 0) is 44.0 Å². The van der Waals surface area contributed by atoms with Crippen LogP contribution >= 0.6 is 0 Å². The molecule has 0 N–H and O–H groups in total. The highest BCUT2D eigenvalue weighted by molar-refractivity contribution is 5.95. The topological polar surface area (TPSA) is 75.9 Å². The van der Waals surface area contributed by atoms with E-state index in [4.69, 9.17) is 9.15 Å². The second-order valence-electron chi connectivity index (χ2n) is 7.03. The number of aryl methyl sites for hydroxylation is 1. The van der Waals surface area contributed by atoms with E-state index in [2.05, 4.69) is 4.98 Å². The van der Waals surface area contributed by atoms with Gasteiger partial charge >= 0.3 is 0 Å². The van der Waals surface area contributed by atoms with Crippen LogP contribution in [-0.2, 0) is 9.53 Å². The van der Waals surface area contributed by atoms with Crippen molar-refractivity contribution in [3.8, 4) is 0 Å². The van der Waals surface area contributed by atoms with E-state index in [1.807, 2.05) is 0 Å². The predicted molar refractivity (Wildman–Crippen MR) is 93.8 cm³/mol. The van der Waals surface area contributed by atoms with Gasteiger partial charge in [0.1, 0.15) is 18.0 Å². The average Bonchev–Trinajstić information content (AvgIpc) is 3.10. The van der Waals surface area contributed by atoms with Crippen molar-refractivity contribution >= 4 is 17.5 Å². The van der Waals surface area contributed by atoms with E-state index in [1.165, 1.54) is 18.5 Å². The van der Waals surface area contributed by atoms with Crippen molar-refractivity contribution in [2.45, 2.75) is 25.4 Å². The van der Waals surface area contributed by atoms with Gasteiger partial charge in [-0.1, -0.05) is 0 Å². The summed E-state index contributed by atoms with van der Waals surface area (Å²) in [4.78, 5) is 32.4. The summed E-state index contributed by atoms with van der Waals surface area (Å²) in [7, 11) is 0. The Morgan fingerprint density at radius 3 is 2.74 bits per heavy atom. The predicted octanol–water partition coefficient (Wildman–Crippen LogP) is 2.16. The fraction of sp³-hybridized carbons (Fsp3) is 0.421. The molecule has 0 radical (unpaired) electrons. The number of anilines is 1. The number of ether oxygens (including phenoxy) is 1. The summed E-state index contributed by atoms with van der Waals surface area (Å²) in [5, 5.41) is 0. The molecule has 2 saturated heterocycles. The Hall–Kier alpha value is -2.74. The zero-order valence-corrected chi connectivity index (χ0v) is 15.0. The molecule has 2 fully saturated rings. The van der Waals surface area contributed by atoms with Gasteiger partial charge in [-0.2, -0.15) is 0 Å². The van der Waals surface area contributed by atoms with Crippen LogP contribution in [0.1, 0.15) is 29.1 Å². The van der Waals surface area contributed by atoms with Gasteiger partial charge in [-0.15, -0.1) is 0 Å². The van der Waals surface area contributed by atoms with Crippen LogP contribution in [0.4, 0.5) is 10.1 Å². The molecule has 8 heteroatoms. The molecule has 2 aromatic rings. The number of morpholine rings is 1. The molecule has 3 heterocycles. The third-order valence-electron chi connectivity index (χ3n) is 5.15. The maximum Gasteiger partial charge on any atom is 0.291 e. The number of hydrogen-bond acceptors (Lipinski definition) is 5. The van der Waals surface area contributed by atoms with Crippen LogP contribution in [0.25, 0.3) is 0 Å². The molecule has 0 bridgehead atoms. The molecule has 7 nitrogen and oxygen atoms in total. The van der Waals surface area contributed by atoms with Crippen LogP contribution in [-0.4, -0.2) is 53.5 Å². The number of benzene rings is 1. The van der Waals surface area contributed by atoms with Gasteiger partial charge in [0.15, 0.2) is 6.39 Å². The summed E-state index contributed by atoms with van der Waals surface area (Å²) >= 11 is 0. The van der Waals surface area contributed by atoms with Crippen LogP contribution in [0.3, 0.4) is 0 Å². The third-order valence-corrected chi connectivity index (χ3v) is 5.15. The van der Waals surface area contributed by atoms with E-state index >= 15 is 0 Å². The Morgan fingerprint density at radius 2 is 2.04 bits per heavy atom. The minimum atomic E-state index is -0.649. The van der Waals surface area contributed by atoms with Crippen LogP contribution < -0.4 is 4.90 Å². The quantitative estimate of drug-likeness (QED) is 0.806. The largest absolute Gasteiger partial charge is 0.438 e. The lowest BCUT2D eigenvalue weighted by atomic mass is 9.90. The Morgan fingerprint density at radius 1 is 1.26 bits per heavy atom.